The Morgan fingerprint density at radius 2 is 1.76 bits per heavy atom. The molecule has 0 radical (unpaired) electrons. The summed E-state index contributed by atoms with van der Waals surface area (Å²) in [4.78, 5) is 21.9. The summed E-state index contributed by atoms with van der Waals surface area (Å²) in [6.07, 6.45) is -3.71. The third-order valence-corrected chi connectivity index (χ3v) is 3.48. The van der Waals surface area contributed by atoms with Gasteiger partial charge in [-0.05, 0) is 11.6 Å². The smallest absolute Gasteiger partial charge is 0.407 e. The van der Waals surface area contributed by atoms with Crippen molar-refractivity contribution in [2.45, 2.75) is 18.8 Å². The van der Waals surface area contributed by atoms with Crippen molar-refractivity contribution in [2.24, 2.45) is 0 Å². The molecule has 0 saturated carbocycles. The van der Waals surface area contributed by atoms with E-state index < -0.39 is 23.2 Å². The maximum atomic E-state index is 11.6. The summed E-state index contributed by atoms with van der Waals surface area (Å²) < 4.78 is 4.97. The number of nitrogens with one attached hydrogen (secondary N) is 1. The van der Waals surface area contributed by atoms with Gasteiger partial charge in [0, 0.05) is 12.6 Å². The number of ether oxygens (including phenoxy) is 1. The van der Waals surface area contributed by atoms with Crippen LogP contribution in [0.25, 0.3) is 0 Å². The molecule has 2 aromatic rings. The van der Waals surface area contributed by atoms with E-state index in [2.05, 4.69) is 5.32 Å². The van der Waals surface area contributed by atoms with Gasteiger partial charge in [0.1, 0.15) is 18.8 Å². The van der Waals surface area contributed by atoms with E-state index in [0.29, 0.717) is 0 Å². The summed E-state index contributed by atoms with van der Waals surface area (Å²) in [7, 11) is 0. The average molecular weight is 346 g/mol. The fourth-order valence-corrected chi connectivity index (χ4v) is 2.18. The van der Waals surface area contributed by atoms with Crippen LogP contribution in [0.3, 0.4) is 0 Å². The van der Waals surface area contributed by atoms with Crippen molar-refractivity contribution < 1.29 is 24.7 Å². The van der Waals surface area contributed by atoms with E-state index >= 15 is 0 Å². The van der Waals surface area contributed by atoms with Crippen molar-refractivity contribution in [2.75, 3.05) is 6.54 Å². The number of aliphatic hydroxyl groups is 2. The van der Waals surface area contributed by atoms with E-state index in [4.69, 9.17) is 4.74 Å². The molecule has 0 aliphatic carbocycles. The molecule has 0 aliphatic rings. The third kappa shape index (κ3) is 5.27. The number of hydrogen-bond acceptors (Lipinski definition) is 6. The first-order chi connectivity index (χ1) is 12.0. The van der Waals surface area contributed by atoms with Crippen molar-refractivity contribution >= 4 is 11.8 Å². The van der Waals surface area contributed by atoms with Crippen LogP contribution in [0.4, 0.5) is 10.5 Å². The van der Waals surface area contributed by atoms with E-state index in [9.17, 15) is 25.1 Å². The van der Waals surface area contributed by atoms with Crippen LogP contribution in [-0.2, 0) is 11.3 Å². The zero-order chi connectivity index (χ0) is 18.2. The Morgan fingerprint density at radius 1 is 1.12 bits per heavy atom. The van der Waals surface area contributed by atoms with Crippen molar-refractivity contribution in [3.8, 4) is 0 Å². The van der Waals surface area contributed by atoms with Gasteiger partial charge in [-0.15, -0.1) is 0 Å². The maximum Gasteiger partial charge on any atom is 0.407 e. The summed E-state index contributed by atoms with van der Waals surface area (Å²) in [6, 6.07) is 14.6. The van der Waals surface area contributed by atoms with Crippen LogP contribution in [0.5, 0.6) is 0 Å². The predicted molar refractivity (Wildman–Crippen MR) is 88.7 cm³/mol. The van der Waals surface area contributed by atoms with E-state index in [-0.39, 0.29) is 24.4 Å². The summed E-state index contributed by atoms with van der Waals surface area (Å²) in [5, 5.41) is 33.3. The number of para-hydroxylation sites is 1. The largest absolute Gasteiger partial charge is 0.445 e. The van der Waals surface area contributed by atoms with Gasteiger partial charge in [0.05, 0.1) is 10.5 Å². The van der Waals surface area contributed by atoms with E-state index in [1.165, 1.54) is 24.3 Å². The number of rotatable bonds is 7. The molecular weight excluding hydrogens is 328 g/mol. The Balaban J connectivity index is 1.86. The Morgan fingerprint density at radius 3 is 2.44 bits per heavy atom. The topological polar surface area (TPSA) is 122 Å². The molecule has 0 heterocycles. The van der Waals surface area contributed by atoms with Gasteiger partial charge in [0.2, 0.25) is 0 Å². The van der Waals surface area contributed by atoms with Gasteiger partial charge in [0.25, 0.3) is 5.69 Å². The lowest BCUT2D eigenvalue weighted by atomic mass is 10.0. The molecule has 8 nitrogen and oxygen atoms in total. The lowest BCUT2D eigenvalue weighted by Gasteiger charge is -2.18. The minimum atomic E-state index is -1.52. The number of nitro benzene ring substituents is 1. The number of carbonyl (C=O) groups excluding carboxylic acids is 1. The van der Waals surface area contributed by atoms with Crippen molar-refractivity contribution in [1.29, 1.82) is 0 Å². The second-order valence-electron chi connectivity index (χ2n) is 5.27. The second-order valence-corrected chi connectivity index (χ2v) is 5.27. The zero-order valence-electron chi connectivity index (χ0n) is 13.2. The molecule has 0 saturated heterocycles. The fourth-order valence-electron chi connectivity index (χ4n) is 2.18. The summed E-state index contributed by atoms with van der Waals surface area (Å²) >= 11 is 0. The van der Waals surface area contributed by atoms with Crippen LogP contribution in [0.1, 0.15) is 17.2 Å². The van der Waals surface area contributed by atoms with Gasteiger partial charge in [-0.25, -0.2) is 4.79 Å². The summed E-state index contributed by atoms with van der Waals surface area (Å²) in [5.74, 6) is 0. The van der Waals surface area contributed by atoms with Crippen LogP contribution in [0.15, 0.2) is 54.6 Å². The van der Waals surface area contributed by atoms with Gasteiger partial charge >= 0.3 is 6.09 Å². The van der Waals surface area contributed by atoms with Crippen LogP contribution in [0, 0.1) is 10.1 Å². The fraction of sp³-hybridized carbons (Fsp3) is 0.235. The number of hydrogen-bond donors (Lipinski definition) is 3. The summed E-state index contributed by atoms with van der Waals surface area (Å²) in [5.41, 5.74) is 0.471. The highest BCUT2D eigenvalue weighted by atomic mass is 16.6. The molecule has 8 heteroatoms. The number of amides is 1. The van der Waals surface area contributed by atoms with Gasteiger partial charge in [0.15, 0.2) is 0 Å². The molecule has 2 aromatic carbocycles. The first-order valence-corrected chi connectivity index (χ1v) is 7.53. The lowest BCUT2D eigenvalue weighted by molar-refractivity contribution is -0.386. The average Bonchev–Trinajstić information content (AvgIpc) is 2.64. The highest BCUT2D eigenvalue weighted by molar-refractivity contribution is 5.67. The Hall–Kier alpha value is -2.97. The van der Waals surface area contributed by atoms with Crippen LogP contribution in [0.2, 0.25) is 0 Å². The predicted octanol–water partition coefficient (Wildman–Crippen LogP) is 1.92. The third-order valence-electron chi connectivity index (χ3n) is 3.48. The Bertz CT molecular complexity index is 722. The van der Waals surface area contributed by atoms with E-state index in [1.54, 1.807) is 12.1 Å². The molecule has 0 bridgehead atoms. The first-order valence-electron chi connectivity index (χ1n) is 7.53. The molecule has 0 spiro atoms. The number of aliphatic hydroxyl groups excluding tert-OH is 2. The standard InChI is InChI=1S/C17H18N2O6/c20-15(16(21)13-8-4-5-9-14(13)19(23)24)10-18-17(22)25-11-12-6-2-1-3-7-12/h1-9,15-16,20-21H,10-11H2,(H,18,22). The minimum absolute atomic E-state index is 0.0283. The van der Waals surface area contributed by atoms with Crippen LogP contribution >= 0.6 is 0 Å². The van der Waals surface area contributed by atoms with Crippen LogP contribution < -0.4 is 5.32 Å². The molecule has 0 fully saturated rings. The van der Waals surface area contributed by atoms with E-state index in [0.717, 1.165) is 5.56 Å². The molecule has 3 N–H and O–H groups in total. The molecule has 2 unspecified atom stereocenters. The minimum Gasteiger partial charge on any atom is -0.445 e. The Kier molecular flexibility index (Phi) is 6.44. The quantitative estimate of drug-likeness (QED) is 0.520. The molecule has 25 heavy (non-hydrogen) atoms. The lowest BCUT2D eigenvalue weighted by Crippen LogP contribution is -2.36. The molecule has 2 rings (SSSR count). The first kappa shape index (κ1) is 18.4. The summed E-state index contributed by atoms with van der Waals surface area (Å²) in [6.45, 7) is -0.254. The molecule has 0 aromatic heterocycles. The highest BCUT2D eigenvalue weighted by Crippen LogP contribution is 2.26. The molecule has 0 aliphatic heterocycles. The van der Waals surface area contributed by atoms with Gasteiger partial charge in [-0.2, -0.15) is 0 Å². The van der Waals surface area contributed by atoms with Crippen molar-refractivity contribution in [3.63, 3.8) is 0 Å². The number of nitrogens with zero attached hydrogens (tertiary/aromatic N) is 1. The molecule has 1 amide bonds. The maximum absolute atomic E-state index is 11.6. The van der Waals surface area contributed by atoms with Gasteiger partial charge in [-0.3, -0.25) is 10.1 Å². The molecule has 2 atom stereocenters. The second kappa shape index (κ2) is 8.76. The molecular formula is C17H18N2O6. The van der Waals surface area contributed by atoms with Crippen LogP contribution in [-0.4, -0.2) is 33.9 Å². The zero-order valence-corrected chi connectivity index (χ0v) is 13.2. The van der Waals surface area contributed by atoms with Gasteiger partial charge < -0.3 is 20.3 Å². The number of carbonyl (C=O) groups is 1. The Labute approximate surface area is 143 Å². The molecule has 132 valence electrons. The monoisotopic (exact) mass is 346 g/mol. The SMILES string of the molecule is O=C(NCC(O)C(O)c1ccccc1[N+](=O)[O-])OCc1ccccc1. The van der Waals surface area contributed by atoms with E-state index in [1.807, 2.05) is 18.2 Å². The number of alkyl carbamates (subject to hydrolysis) is 1. The highest BCUT2D eigenvalue weighted by Gasteiger charge is 2.26. The normalized spacial score (nSPS) is 12.9. The van der Waals surface area contributed by atoms with Gasteiger partial charge in [-0.1, -0.05) is 42.5 Å². The number of benzene rings is 2. The number of nitro groups is 1. The van der Waals surface area contributed by atoms with Crippen molar-refractivity contribution in [1.82, 2.24) is 5.32 Å². The van der Waals surface area contributed by atoms with Crippen molar-refractivity contribution in [3.05, 3.63) is 75.8 Å².